The molecule has 4 aromatic heterocycles. The Balaban J connectivity index is 1.47. The first kappa shape index (κ1) is 22.0. The molecule has 0 spiro atoms. The third-order valence-electron chi connectivity index (χ3n) is 7.47. The summed E-state index contributed by atoms with van der Waals surface area (Å²) in [6.07, 6.45) is 9.74. The van der Waals surface area contributed by atoms with Gasteiger partial charge in [-0.1, -0.05) is 0 Å². The van der Waals surface area contributed by atoms with Gasteiger partial charge in [0.2, 0.25) is 0 Å². The van der Waals surface area contributed by atoms with E-state index in [2.05, 4.69) is 32.6 Å². The van der Waals surface area contributed by atoms with E-state index in [9.17, 15) is 9.90 Å². The van der Waals surface area contributed by atoms with E-state index in [1.54, 1.807) is 11.6 Å². The number of aromatic nitrogens is 5. The number of rotatable bonds is 6. The molecule has 1 amide bonds. The van der Waals surface area contributed by atoms with Crippen LogP contribution in [0.3, 0.4) is 0 Å². The molecule has 2 unspecified atom stereocenters. The van der Waals surface area contributed by atoms with Crippen LogP contribution in [0.2, 0.25) is 0 Å². The van der Waals surface area contributed by atoms with Crippen molar-refractivity contribution in [1.29, 1.82) is 0 Å². The fraction of sp³-hybridized carbons (Fsp3) is 0.440. The van der Waals surface area contributed by atoms with Crippen LogP contribution in [0.1, 0.15) is 48.5 Å². The van der Waals surface area contributed by atoms with E-state index in [4.69, 9.17) is 14.7 Å². The lowest BCUT2D eigenvalue weighted by Gasteiger charge is -2.32. The Hall–Kier alpha value is -3.50. The second-order valence-electron chi connectivity index (χ2n) is 9.39. The number of carbonyl (C=O) groups excluding carboxylic acids is 1. The van der Waals surface area contributed by atoms with Crippen molar-refractivity contribution in [3.8, 4) is 11.3 Å². The van der Waals surface area contributed by atoms with E-state index in [1.807, 2.05) is 25.4 Å². The van der Waals surface area contributed by atoms with E-state index in [0.29, 0.717) is 23.4 Å². The Labute approximate surface area is 202 Å². The molecule has 4 heterocycles. The van der Waals surface area contributed by atoms with Crippen LogP contribution in [-0.4, -0.2) is 67.6 Å². The molecule has 0 aromatic carbocycles. The molecular formula is C25H29N7O3. The predicted molar refractivity (Wildman–Crippen MR) is 131 cm³/mol. The maximum absolute atomic E-state index is 13.0. The number of nitrogens with one attached hydrogen (secondary N) is 2. The summed E-state index contributed by atoms with van der Waals surface area (Å²) >= 11 is 0. The molecule has 182 valence electrons. The van der Waals surface area contributed by atoms with Gasteiger partial charge in [-0.3, -0.25) is 4.79 Å². The zero-order valence-corrected chi connectivity index (χ0v) is 19.8. The van der Waals surface area contributed by atoms with Crippen LogP contribution in [-0.2, 0) is 4.74 Å². The van der Waals surface area contributed by atoms with Gasteiger partial charge in [-0.2, -0.15) is 9.61 Å². The molecule has 4 atom stereocenters. The third-order valence-corrected chi connectivity index (χ3v) is 7.47. The average Bonchev–Trinajstić information content (AvgIpc) is 3.61. The standard InChI is InChI=1S/C25H29N7O3/c1-26-22-11-18(29-24-15(12-28-32(22)24)25(34)30-17-8-9-20(17)33)16-13-31(19-6-3-7-21(19)35-2)23-14(16)5-4-10-27-23/h4-5,10-13,17,19-21,26,33H,3,6-9H2,1-2H3,(H,30,34)/t17?,19-,20?,21-/m1/s1. The Kier molecular flexibility index (Phi) is 5.42. The molecule has 0 saturated heterocycles. The van der Waals surface area contributed by atoms with Crippen LogP contribution in [0, 0.1) is 0 Å². The van der Waals surface area contributed by atoms with Crippen molar-refractivity contribution in [2.75, 3.05) is 19.5 Å². The summed E-state index contributed by atoms with van der Waals surface area (Å²) in [6.45, 7) is 0. The van der Waals surface area contributed by atoms with Gasteiger partial charge in [0.1, 0.15) is 17.0 Å². The van der Waals surface area contributed by atoms with Crippen LogP contribution in [0.5, 0.6) is 0 Å². The second-order valence-corrected chi connectivity index (χ2v) is 9.39. The van der Waals surface area contributed by atoms with Gasteiger partial charge < -0.3 is 25.0 Å². The number of ether oxygens (including phenoxy) is 1. The summed E-state index contributed by atoms with van der Waals surface area (Å²) in [6, 6.07) is 5.90. The van der Waals surface area contributed by atoms with Crippen molar-refractivity contribution >= 4 is 28.4 Å². The number of amides is 1. The first-order valence-corrected chi connectivity index (χ1v) is 12.1. The minimum Gasteiger partial charge on any atom is -0.391 e. The first-order chi connectivity index (χ1) is 17.1. The summed E-state index contributed by atoms with van der Waals surface area (Å²) < 4.78 is 9.62. The van der Waals surface area contributed by atoms with Gasteiger partial charge in [-0.05, 0) is 44.2 Å². The summed E-state index contributed by atoms with van der Waals surface area (Å²) in [7, 11) is 3.59. The highest BCUT2D eigenvalue weighted by Crippen LogP contribution is 2.38. The predicted octanol–water partition coefficient (Wildman–Crippen LogP) is 2.78. The fourth-order valence-corrected chi connectivity index (χ4v) is 5.38. The molecular weight excluding hydrogens is 446 g/mol. The number of pyridine rings is 1. The minimum atomic E-state index is -0.498. The van der Waals surface area contributed by atoms with E-state index in [-0.39, 0.29) is 24.1 Å². The van der Waals surface area contributed by atoms with Gasteiger partial charge in [-0.25, -0.2) is 9.97 Å². The van der Waals surface area contributed by atoms with Crippen LogP contribution in [0.25, 0.3) is 27.9 Å². The highest BCUT2D eigenvalue weighted by atomic mass is 16.5. The monoisotopic (exact) mass is 475 g/mol. The number of fused-ring (bicyclic) bond motifs is 2. The summed E-state index contributed by atoms with van der Waals surface area (Å²) in [5.41, 5.74) is 3.40. The molecule has 10 heteroatoms. The van der Waals surface area contributed by atoms with Gasteiger partial charge in [-0.15, -0.1) is 0 Å². The average molecular weight is 476 g/mol. The van der Waals surface area contributed by atoms with Gasteiger partial charge in [0, 0.05) is 43.6 Å². The molecule has 2 fully saturated rings. The lowest BCUT2D eigenvalue weighted by atomic mass is 9.89. The molecule has 10 nitrogen and oxygen atoms in total. The molecule has 2 aliphatic rings. The molecule has 0 bridgehead atoms. The van der Waals surface area contributed by atoms with Crippen molar-refractivity contribution in [1.82, 2.24) is 29.5 Å². The van der Waals surface area contributed by atoms with Gasteiger partial charge in [0.15, 0.2) is 5.65 Å². The zero-order chi connectivity index (χ0) is 24.1. The maximum atomic E-state index is 13.0. The number of aliphatic hydroxyl groups excluding tert-OH is 1. The minimum absolute atomic E-state index is 0.149. The lowest BCUT2D eigenvalue weighted by molar-refractivity contribution is 0.0448. The quantitative estimate of drug-likeness (QED) is 0.392. The smallest absolute Gasteiger partial charge is 0.257 e. The molecule has 0 aliphatic heterocycles. The zero-order valence-electron chi connectivity index (χ0n) is 19.8. The Morgan fingerprint density at radius 2 is 2.11 bits per heavy atom. The Morgan fingerprint density at radius 1 is 1.23 bits per heavy atom. The number of anilines is 1. The molecule has 2 aliphatic carbocycles. The molecule has 2 saturated carbocycles. The number of carbonyl (C=O) groups is 1. The van der Waals surface area contributed by atoms with Crippen LogP contribution >= 0.6 is 0 Å². The van der Waals surface area contributed by atoms with Crippen molar-refractivity contribution in [2.45, 2.75) is 56.4 Å². The lowest BCUT2D eigenvalue weighted by Crippen LogP contribution is -2.50. The van der Waals surface area contributed by atoms with Gasteiger partial charge in [0.05, 0.1) is 36.2 Å². The summed E-state index contributed by atoms with van der Waals surface area (Å²) in [5.74, 6) is 0.432. The van der Waals surface area contributed by atoms with Crippen molar-refractivity contribution in [3.05, 3.63) is 42.4 Å². The van der Waals surface area contributed by atoms with E-state index in [1.165, 1.54) is 6.20 Å². The largest absolute Gasteiger partial charge is 0.391 e. The number of hydrogen-bond donors (Lipinski definition) is 3. The van der Waals surface area contributed by atoms with Crippen LogP contribution in [0.15, 0.2) is 36.8 Å². The molecule has 6 rings (SSSR count). The summed E-state index contributed by atoms with van der Waals surface area (Å²) in [4.78, 5) is 22.6. The van der Waals surface area contributed by atoms with E-state index in [0.717, 1.165) is 48.0 Å². The highest BCUT2D eigenvalue weighted by Gasteiger charge is 2.32. The number of nitrogens with zero attached hydrogens (tertiary/aromatic N) is 5. The van der Waals surface area contributed by atoms with E-state index < -0.39 is 6.10 Å². The second kappa shape index (κ2) is 8.62. The number of methoxy groups -OCH3 is 1. The number of aliphatic hydroxyl groups is 1. The summed E-state index contributed by atoms with van der Waals surface area (Å²) in [5, 5.41) is 21.4. The van der Waals surface area contributed by atoms with Gasteiger partial charge in [0.25, 0.3) is 5.91 Å². The Morgan fingerprint density at radius 3 is 2.86 bits per heavy atom. The SMILES string of the molecule is CNc1cc(-c2cn([C@@H]3CCC[C@H]3OC)c3ncccc23)nc2c(C(=O)NC3CCC3O)cnn12. The normalized spacial score (nSPS) is 24.1. The third kappa shape index (κ3) is 3.55. The molecule has 0 radical (unpaired) electrons. The van der Waals surface area contributed by atoms with E-state index >= 15 is 0 Å². The fourth-order valence-electron chi connectivity index (χ4n) is 5.38. The molecule has 4 aromatic rings. The van der Waals surface area contributed by atoms with Gasteiger partial charge >= 0.3 is 0 Å². The van der Waals surface area contributed by atoms with Crippen molar-refractivity contribution in [3.63, 3.8) is 0 Å². The molecule has 35 heavy (non-hydrogen) atoms. The first-order valence-electron chi connectivity index (χ1n) is 12.1. The number of hydrogen-bond acceptors (Lipinski definition) is 7. The Bertz CT molecular complexity index is 1410. The topological polar surface area (TPSA) is 119 Å². The van der Waals surface area contributed by atoms with Crippen LogP contribution < -0.4 is 10.6 Å². The van der Waals surface area contributed by atoms with Crippen molar-refractivity contribution in [2.24, 2.45) is 0 Å². The van der Waals surface area contributed by atoms with Crippen LogP contribution in [0.4, 0.5) is 5.82 Å². The highest BCUT2D eigenvalue weighted by molar-refractivity contribution is 6.01. The van der Waals surface area contributed by atoms with Crippen molar-refractivity contribution < 1.29 is 14.6 Å². The molecule has 3 N–H and O–H groups in total. The maximum Gasteiger partial charge on any atom is 0.257 e.